The van der Waals surface area contributed by atoms with Crippen LogP contribution in [0.5, 0.6) is 0 Å². The first-order chi connectivity index (χ1) is 8.86. The summed E-state index contributed by atoms with van der Waals surface area (Å²) in [6.07, 6.45) is -3.29. The molecule has 104 valence electrons. The quantitative estimate of drug-likeness (QED) is 0.299. The van der Waals surface area contributed by atoms with Crippen LogP contribution in [0.25, 0.3) is 0 Å². The standard InChI is InChI=1S/C11H14N2O6/c1-19-10(15)5-9(14)11(16)6-2-3-7(12)8(4-6)13(17)18/h2-4,9,11,14,16H,5,12H2,1H3. The van der Waals surface area contributed by atoms with Crippen molar-refractivity contribution in [2.75, 3.05) is 12.8 Å². The number of carbonyl (C=O) groups excluding carboxylic acids is 1. The molecule has 8 heteroatoms. The maximum Gasteiger partial charge on any atom is 0.308 e. The van der Waals surface area contributed by atoms with Crippen molar-refractivity contribution in [3.05, 3.63) is 33.9 Å². The number of benzene rings is 1. The van der Waals surface area contributed by atoms with Crippen LogP contribution in [0.2, 0.25) is 0 Å². The third-order valence-electron chi connectivity index (χ3n) is 2.56. The molecule has 0 aromatic heterocycles. The lowest BCUT2D eigenvalue weighted by atomic mass is 10.0. The van der Waals surface area contributed by atoms with Crippen LogP contribution in [0.4, 0.5) is 11.4 Å². The summed E-state index contributed by atoms with van der Waals surface area (Å²) >= 11 is 0. The van der Waals surface area contributed by atoms with Crippen LogP contribution >= 0.6 is 0 Å². The fraction of sp³-hybridized carbons (Fsp3) is 0.364. The molecule has 1 aromatic carbocycles. The summed E-state index contributed by atoms with van der Waals surface area (Å²) in [6.45, 7) is 0. The van der Waals surface area contributed by atoms with Gasteiger partial charge in [0.25, 0.3) is 5.69 Å². The highest BCUT2D eigenvalue weighted by atomic mass is 16.6. The van der Waals surface area contributed by atoms with Gasteiger partial charge in [-0.05, 0) is 11.6 Å². The molecule has 0 radical (unpaired) electrons. The van der Waals surface area contributed by atoms with E-state index < -0.39 is 29.5 Å². The number of hydrogen-bond acceptors (Lipinski definition) is 7. The summed E-state index contributed by atoms with van der Waals surface area (Å²) in [6, 6.07) is 3.65. The number of anilines is 1. The lowest BCUT2D eigenvalue weighted by Crippen LogP contribution is -2.22. The molecule has 2 unspecified atom stereocenters. The summed E-state index contributed by atoms with van der Waals surface area (Å²) in [4.78, 5) is 21.0. The number of nitrogens with zero attached hydrogens (tertiary/aromatic N) is 1. The Morgan fingerprint density at radius 1 is 1.53 bits per heavy atom. The minimum absolute atomic E-state index is 0.0524. The predicted octanol–water partition coefficient (Wildman–Crippen LogP) is 0.134. The Kier molecular flexibility index (Phi) is 4.79. The van der Waals surface area contributed by atoms with Gasteiger partial charge in [-0.1, -0.05) is 6.07 Å². The highest BCUT2D eigenvalue weighted by molar-refractivity contribution is 5.70. The van der Waals surface area contributed by atoms with E-state index in [1.54, 1.807) is 0 Å². The first-order valence-electron chi connectivity index (χ1n) is 5.33. The van der Waals surface area contributed by atoms with Gasteiger partial charge in [-0.3, -0.25) is 14.9 Å². The lowest BCUT2D eigenvalue weighted by molar-refractivity contribution is -0.384. The topological polar surface area (TPSA) is 136 Å². The monoisotopic (exact) mass is 270 g/mol. The molecule has 0 aliphatic heterocycles. The Morgan fingerprint density at radius 3 is 2.68 bits per heavy atom. The molecule has 4 N–H and O–H groups in total. The van der Waals surface area contributed by atoms with E-state index in [4.69, 9.17) is 5.73 Å². The highest BCUT2D eigenvalue weighted by Gasteiger charge is 2.24. The van der Waals surface area contributed by atoms with E-state index in [0.717, 1.165) is 13.2 Å². The predicted molar refractivity (Wildman–Crippen MR) is 65.1 cm³/mol. The maximum absolute atomic E-state index is 11.0. The molecule has 0 saturated heterocycles. The van der Waals surface area contributed by atoms with Crippen molar-refractivity contribution >= 4 is 17.3 Å². The summed E-state index contributed by atoms with van der Waals surface area (Å²) in [7, 11) is 1.15. The first kappa shape index (κ1) is 14.9. The van der Waals surface area contributed by atoms with Gasteiger partial charge in [-0.25, -0.2) is 0 Å². The second-order valence-corrected chi connectivity index (χ2v) is 3.87. The summed E-state index contributed by atoms with van der Waals surface area (Å²) in [5.41, 5.74) is 5.08. The zero-order chi connectivity index (χ0) is 14.6. The van der Waals surface area contributed by atoms with E-state index in [0.29, 0.717) is 0 Å². The highest BCUT2D eigenvalue weighted by Crippen LogP contribution is 2.27. The van der Waals surface area contributed by atoms with Gasteiger partial charge in [0.05, 0.1) is 24.6 Å². The zero-order valence-corrected chi connectivity index (χ0v) is 10.1. The molecule has 8 nitrogen and oxygen atoms in total. The number of rotatable bonds is 5. The Bertz CT molecular complexity index is 490. The fourth-order valence-electron chi connectivity index (χ4n) is 1.49. The fourth-order valence-corrected chi connectivity index (χ4v) is 1.49. The molecule has 0 aliphatic rings. The zero-order valence-electron chi connectivity index (χ0n) is 10.1. The molecule has 19 heavy (non-hydrogen) atoms. The maximum atomic E-state index is 11.0. The number of esters is 1. The van der Waals surface area contributed by atoms with E-state index >= 15 is 0 Å². The van der Waals surface area contributed by atoms with Gasteiger partial charge in [0.2, 0.25) is 0 Å². The average molecular weight is 270 g/mol. The number of methoxy groups -OCH3 is 1. The molecule has 0 saturated carbocycles. The van der Waals surface area contributed by atoms with Crippen LogP contribution in [-0.2, 0) is 9.53 Å². The molecule has 0 heterocycles. The van der Waals surface area contributed by atoms with E-state index in [1.165, 1.54) is 12.1 Å². The Labute approximate surface area is 108 Å². The molecule has 0 bridgehead atoms. The van der Waals surface area contributed by atoms with Crippen molar-refractivity contribution in [2.24, 2.45) is 0 Å². The van der Waals surface area contributed by atoms with E-state index in [9.17, 15) is 25.1 Å². The van der Waals surface area contributed by atoms with Gasteiger partial charge in [0.15, 0.2) is 0 Å². The number of hydrogen-bond donors (Lipinski definition) is 3. The molecule has 0 spiro atoms. The third-order valence-corrected chi connectivity index (χ3v) is 2.56. The van der Waals surface area contributed by atoms with E-state index in [1.807, 2.05) is 0 Å². The van der Waals surface area contributed by atoms with Crippen molar-refractivity contribution in [2.45, 2.75) is 18.6 Å². The molecule has 0 fully saturated rings. The summed E-state index contributed by atoms with van der Waals surface area (Å²) < 4.78 is 4.35. The minimum atomic E-state index is -1.45. The number of nitrogens with two attached hydrogens (primary N) is 1. The average Bonchev–Trinajstić information content (AvgIpc) is 2.37. The summed E-state index contributed by atoms with van der Waals surface area (Å²) in [5.74, 6) is -0.698. The largest absolute Gasteiger partial charge is 0.469 e. The SMILES string of the molecule is COC(=O)CC(O)C(O)c1ccc(N)c([N+](=O)[O-])c1. The van der Waals surface area contributed by atoms with Crippen LogP contribution in [0.1, 0.15) is 18.1 Å². The van der Waals surface area contributed by atoms with Crippen LogP contribution in [0.3, 0.4) is 0 Å². The van der Waals surface area contributed by atoms with Crippen LogP contribution in [0, 0.1) is 10.1 Å². The number of nitro groups is 1. The molecule has 1 aromatic rings. The molecule has 0 aliphatic carbocycles. The molecule has 0 amide bonds. The van der Waals surface area contributed by atoms with Crippen molar-refractivity contribution in [3.8, 4) is 0 Å². The Balaban J connectivity index is 2.93. The minimum Gasteiger partial charge on any atom is -0.469 e. The molecular weight excluding hydrogens is 256 g/mol. The Hall–Kier alpha value is -2.19. The van der Waals surface area contributed by atoms with E-state index in [2.05, 4.69) is 4.74 Å². The van der Waals surface area contributed by atoms with Crippen LogP contribution in [-0.4, -0.2) is 34.3 Å². The van der Waals surface area contributed by atoms with Crippen molar-refractivity contribution in [1.29, 1.82) is 0 Å². The number of ether oxygens (including phenoxy) is 1. The van der Waals surface area contributed by atoms with Gasteiger partial charge < -0.3 is 20.7 Å². The van der Waals surface area contributed by atoms with Crippen LogP contribution < -0.4 is 5.73 Å². The van der Waals surface area contributed by atoms with E-state index in [-0.39, 0.29) is 16.9 Å². The molecule has 2 atom stereocenters. The van der Waals surface area contributed by atoms with Gasteiger partial charge in [0, 0.05) is 6.07 Å². The number of nitro benzene ring substituents is 1. The van der Waals surface area contributed by atoms with Crippen molar-refractivity contribution in [3.63, 3.8) is 0 Å². The molecular formula is C11H14N2O6. The second-order valence-electron chi connectivity index (χ2n) is 3.87. The lowest BCUT2D eigenvalue weighted by Gasteiger charge is -2.17. The van der Waals surface area contributed by atoms with Gasteiger partial charge >= 0.3 is 5.97 Å². The number of aliphatic hydroxyl groups is 2. The van der Waals surface area contributed by atoms with Gasteiger partial charge in [0.1, 0.15) is 11.8 Å². The normalized spacial score (nSPS) is 13.6. The Morgan fingerprint density at radius 2 is 2.16 bits per heavy atom. The number of aliphatic hydroxyl groups excluding tert-OH is 2. The van der Waals surface area contributed by atoms with Crippen molar-refractivity contribution < 1.29 is 24.7 Å². The number of carbonyl (C=O) groups is 1. The van der Waals surface area contributed by atoms with Crippen LogP contribution in [0.15, 0.2) is 18.2 Å². The smallest absolute Gasteiger partial charge is 0.308 e. The third kappa shape index (κ3) is 3.63. The summed E-state index contributed by atoms with van der Waals surface area (Å²) in [5, 5.41) is 30.1. The first-order valence-corrected chi connectivity index (χ1v) is 5.33. The number of nitrogen functional groups attached to an aromatic ring is 1. The van der Waals surface area contributed by atoms with Gasteiger partial charge in [-0.15, -0.1) is 0 Å². The second kappa shape index (κ2) is 6.12. The van der Waals surface area contributed by atoms with Crippen molar-refractivity contribution in [1.82, 2.24) is 0 Å². The molecule has 1 rings (SSSR count). The van der Waals surface area contributed by atoms with Gasteiger partial charge in [-0.2, -0.15) is 0 Å².